The normalized spacial score (nSPS) is 15.4. The molecule has 1 amide bonds. The molecule has 0 fully saturated rings. The lowest BCUT2D eigenvalue weighted by atomic mass is 10.2. The van der Waals surface area contributed by atoms with Crippen LogP contribution in [-0.4, -0.2) is 44.5 Å². The molecule has 2 rings (SSSR count). The third kappa shape index (κ3) is 4.08. The molecule has 23 heavy (non-hydrogen) atoms. The van der Waals surface area contributed by atoms with Gasteiger partial charge >= 0.3 is 0 Å². The van der Waals surface area contributed by atoms with Gasteiger partial charge in [-0.15, -0.1) is 11.8 Å². The van der Waals surface area contributed by atoms with E-state index in [1.807, 2.05) is 13.0 Å². The number of hydrogen-bond acceptors (Lipinski definition) is 4. The van der Waals surface area contributed by atoms with Crippen LogP contribution in [0.5, 0.6) is 0 Å². The monoisotopic (exact) mass is 356 g/mol. The van der Waals surface area contributed by atoms with Crippen LogP contribution >= 0.6 is 11.8 Å². The molecule has 7 heteroatoms. The maximum absolute atomic E-state index is 12.7. The minimum absolute atomic E-state index is 0.0531. The van der Waals surface area contributed by atoms with Crippen molar-refractivity contribution in [1.29, 1.82) is 0 Å². The van der Waals surface area contributed by atoms with E-state index in [0.717, 1.165) is 29.9 Å². The van der Waals surface area contributed by atoms with E-state index in [1.54, 1.807) is 35.8 Å². The van der Waals surface area contributed by atoms with Crippen LogP contribution in [-0.2, 0) is 14.8 Å². The van der Waals surface area contributed by atoms with E-state index < -0.39 is 10.0 Å². The third-order valence-corrected chi connectivity index (χ3v) is 6.92. The lowest BCUT2D eigenvalue weighted by molar-refractivity contribution is -0.116. The van der Waals surface area contributed by atoms with Crippen molar-refractivity contribution in [2.24, 2.45) is 0 Å². The maximum atomic E-state index is 12.7. The number of benzene rings is 1. The van der Waals surface area contributed by atoms with Crippen LogP contribution in [0.4, 0.5) is 5.69 Å². The van der Waals surface area contributed by atoms with Gasteiger partial charge in [0.05, 0.1) is 10.6 Å². The highest BCUT2D eigenvalue weighted by atomic mass is 32.2. The highest BCUT2D eigenvalue weighted by Gasteiger charge is 2.25. The topological polar surface area (TPSA) is 57.7 Å². The van der Waals surface area contributed by atoms with Crippen LogP contribution in [0, 0.1) is 0 Å². The summed E-state index contributed by atoms with van der Waals surface area (Å²) in [5.74, 6) is 0.877. The molecule has 0 N–H and O–H groups in total. The van der Waals surface area contributed by atoms with Gasteiger partial charge in [-0.05, 0) is 36.8 Å². The van der Waals surface area contributed by atoms with Gasteiger partial charge in [-0.3, -0.25) is 4.79 Å². The number of fused-ring (bicyclic) bond motifs is 1. The van der Waals surface area contributed by atoms with Gasteiger partial charge in [-0.25, -0.2) is 12.7 Å². The Morgan fingerprint density at radius 2 is 2.13 bits per heavy atom. The lowest BCUT2D eigenvalue weighted by Gasteiger charge is -2.23. The Morgan fingerprint density at radius 1 is 1.39 bits per heavy atom. The molecule has 1 aliphatic rings. The number of sulfonamides is 1. The summed E-state index contributed by atoms with van der Waals surface area (Å²) in [4.78, 5) is 14.8. The molecule has 0 aliphatic carbocycles. The first-order chi connectivity index (χ1) is 10.9. The molecule has 5 nitrogen and oxygen atoms in total. The second-order valence-corrected chi connectivity index (χ2v) is 8.86. The first kappa shape index (κ1) is 18.3. The predicted molar refractivity (Wildman–Crippen MR) is 94.5 cm³/mol. The number of anilines is 1. The highest BCUT2D eigenvalue weighted by Crippen LogP contribution is 2.36. The molecule has 1 aliphatic heterocycles. The van der Waals surface area contributed by atoms with Gasteiger partial charge in [-0.2, -0.15) is 0 Å². The summed E-state index contributed by atoms with van der Waals surface area (Å²) in [6, 6.07) is 5.11. The van der Waals surface area contributed by atoms with E-state index in [-0.39, 0.29) is 10.8 Å². The van der Waals surface area contributed by atoms with E-state index in [2.05, 4.69) is 0 Å². The number of rotatable bonds is 5. The fourth-order valence-corrected chi connectivity index (χ4v) is 4.73. The zero-order valence-corrected chi connectivity index (χ0v) is 15.5. The van der Waals surface area contributed by atoms with Crippen molar-refractivity contribution in [2.45, 2.75) is 42.9 Å². The molecule has 0 radical (unpaired) electrons. The van der Waals surface area contributed by atoms with Crippen molar-refractivity contribution < 1.29 is 13.2 Å². The maximum Gasteiger partial charge on any atom is 0.242 e. The Kier molecular flexibility index (Phi) is 6.11. The number of carbonyl (C=O) groups is 1. The van der Waals surface area contributed by atoms with Gasteiger partial charge < -0.3 is 4.90 Å². The minimum atomic E-state index is -3.52. The largest absolute Gasteiger partial charge is 0.311 e. The van der Waals surface area contributed by atoms with Crippen LogP contribution in [0.1, 0.15) is 33.1 Å². The molecular formula is C16H24N2O3S2. The summed E-state index contributed by atoms with van der Waals surface area (Å²) in [6.07, 6.45) is 2.67. The number of carbonyl (C=O) groups excluding carboxylic acids is 1. The lowest BCUT2D eigenvalue weighted by Crippen LogP contribution is -2.30. The summed E-state index contributed by atoms with van der Waals surface area (Å²) in [6.45, 7) is 4.69. The third-order valence-electron chi connectivity index (χ3n) is 3.92. The first-order valence-electron chi connectivity index (χ1n) is 7.89. The van der Waals surface area contributed by atoms with Crippen molar-refractivity contribution in [2.75, 3.05) is 30.8 Å². The Morgan fingerprint density at radius 3 is 2.78 bits per heavy atom. The van der Waals surface area contributed by atoms with Gasteiger partial charge in [0.25, 0.3) is 0 Å². The first-order valence-corrected chi connectivity index (χ1v) is 10.3. The standard InChI is InChI=1S/C16H24N2O3S2/c1-4-5-9-17(3)23(20,21)14-7-8-16-15(12-14)18(13(2)19)10-6-11-22-16/h7-8,12H,4-6,9-11H2,1-3H3. The van der Waals surface area contributed by atoms with Crippen molar-refractivity contribution in [1.82, 2.24) is 4.31 Å². The summed E-state index contributed by atoms with van der Waals surface area (Å²) in [7, 11) is -1.91. The number of hydrogen-bond donors (Lipinski definition) is 0. The number of nitrogens with zero attached hydrogens (tertiary/aromatic N) is 2. The van der Waals surface area contributed by atoms with Gasteiger partial charge in [0.2, 0.25) is 15.9 Å². The van der Waals surface area contributed by atoms with Crippen molar-refractivity contribution in [3.63, 3.8) is 0 Å². The van der Waals surface area contributed by atoms with Crippen LogP contribution in [0.2, 0.25) is 0 Å². The van der Waals surface area contributed by atoms with E-state index in [4.69, 9.17) is 0 Å². The highest BCUT2D eigenvalue weighted by molar-refractivity contribution is 7.99. The second-order valence-electron chi connectivity index (χ2n) is 5.68. The van der Waals surface area contributed by atoms with Crippen LogP contribution in [0.25, 0.3) is 0 Å². The van der Waals surface area contributed by atoms with Gasteiger partial charge in [0, 0.05) is 32.0 Å². The summed E-state index contributed by atoms with van der Waals surface area (Å²) in [5, 5.41) is 0. The Bertz CT molecular complexity index is 674. The fraction of sp³-hybridized carbons (Fsp3) is 0.562. The predicted octanol–water partition coefficient (Wildman–Crippen LogP) is 2.96. The average Bonchev–Trinajstić information content (AvgIpc) is 2.73. The van der Waals surface area contributed by atoms with Crippen LogP contribution < -0.4 is 4.90 Å². The SMILES string of the molecule is CCCCN(C)S(=O)(=O)c1ccc2c(c1)N(C(C)=O)CCCS2. The van der Waals surface area contributed by atoms with Gasteiger partial charge in [0.15, 0.2) is 0 Å². The summed E-state index contributed by atoms with van der Waals surface area (Å²) < 4.78 is 26.8. The smallest absolute Gasteiger partial charge is 0.242 e. The van der Waals surface area contributed by atoms with E-state index >= 15 is 0 Å². The molecule has 0 unspecified atom stereocenters. The fourth-order valence-electron chi connectivity index (χ4n) is 2.52. The molecule has 1 heterocycles. The quantitative estimate of drug-likeness (QED) is 0.814. The molecule has 0 spiro atoms. The van der Waals surface area contributed by atoms with Crippen LogP contribution in [0.15, 0.2) is 28.0 Å². The number of amides is 1. The Hall–Kier alpha value is -1.05. The molecule has 0 atom stereocenters. The van der Waals surface area contributed by atoms with Crippen molar-refractivity contribution >= 4 is 33.4 Å². The van der Waals surface area contributed by atoms with E-state index in [0.29, 0.717) is 18.8 Å². The van der Waals surface area contributed by atoms with E-state index in [9.17, 15) is 13.2 Å². The molecular weight excluding hydrogens is 332 g/mol. The average molecular weight is 357 g/mol. The minimum Gasteiger partial charge on any atom is -0.311 e. The molecule has 0 bridgehead atoms. The molecule has 1 aromatic rings. The molecule has 0 saturated heterocycles. The Labute approximate surface area is 143 Å². The molecule has 1 aromatic carbocycles. The van der Waals surface area contributed by atoms with Crippen LogP contribution in [0.3, 0.4) is 0 Å². The zero-order chi connectivity index (χ0) is 17.0. The molecule has 0 saturated carbocycles. The second kappa shape index (κ2) is 7.68. The zero-order valence-electron chi connectivity index (χ0n) is 13.9. The number of unbranched alkanes of at least 4 members (excludes halogenated alkanes) is 1. The molecule has 128 valence electrons. The Balaban J connectivity index is 2.41. The number of thioether (sulfide) groups is 1. The van der Waals surface area contributed by atoms with Crippen molar-refractivity contribution in [3.8, 4) is 0 Å². The molecule has 0 aromatic heterocycles. The van der Waals surface area contributed by atoms with Gasteiger partial charge in [0.1, 0.15) is 0 Å². The van der Waals surface area contributed by atoms with Gasteiger partial charge in [-0.1, -0.05) is 13.3 Å². The van der Waals surface area contributed by atoms with Crippen molar-refractivity contribution in [3.05, 3.63) is 18.2 Å². The summed E-state index contributed by atoms with van der Waals surface area (Å²) >= 11 is 1.67. The summed E-state index contributed by atoms with van der Waals surface area (Å²) in [5.41, 5.74) is 0.713. The van der Waals surface area contributed by atoms with E-state index in [1.165, 1.54) is 11.2 Å².